The number of hydrogen-bond acceptors (Lipinski definition) is 3. The number of benzene rings is 1. The molecule has 0 heterocycles. The van der Waals surface area contributed by atoms with E-state index in [0.29, 0.717) is 5.31 Å². The van der Waals surface area contributed by atoms with Crippen molar-refractivity contribution in [3.8, 4) is 0 Å². The summed E-state index contributed by atoms with van der Waals surface area (Å²) < 4.78 is 22.4. The molecule has 1 aromatic carbocycles. The van der Waals surface area contributed by atoms with E-state index in [4.69, 9.17) is 9.05 Å². The minimum Gasteiger partial charge on any atom is -0.309 e. The van der Waals surface area contributed by atoms with Gasteiger partial charge in [0.15, 0.2) is 0 Å². The third-order valence-electron chi connectivity index (χ3n) is 2.04. The lowest BCUT2D eigenvalue weighted by atomic mass is 10.2. The van der Waals surface area contributed by atoms with Crippen LogP contribution in [0.2, 0.25) is 0 Å². The fourth-order valence-electron chi connectivity index (χ4n) is 1.18. The van der Waals surface area contributed by atoms with Gasteiger partial charge in [0, 0.05) is 7.11 Å². The average Bonchev–Trinajstić information content (AvgIpc) is 2.36. The molecule has 16 heavy (non-hydrogen) atoms. The maximum Gasteiger partial charge on any atom is 0.361 e. The summed E-state index contributed by atoms with van der Waals surface area (Å²) in [6, 6.07) is 9.18. The van der Waals surface area contributed by atoms with Gasteiger partial charge in [0.2, 0.25) is 0 Å². The first kappa shape index (κ1) is 12.9. The predicted octanol–water partition coefficient (Wildman–Crippen LogP) is 3.70. The minimum atomic E-state index is -3.30. The van der Waals surface area contributed by atoms with E-state index in [2.05, 4.69) is 13.2 Å². The maximum absolute atomic E-state index is 12.2. The van der Waals surface area contributed by atoms with Gasteiger partial charge in [-0.1, -0.05) is 43.0 Å². The third kappa shape index (κ3) is 2.92. The predicted molar refractivity (Wildman–Crippen MR) is 66.2 cm³/mol. The normalized spacial score (nSPS) is 14.1. The standard InChI is InChI=1S/C12H15O3P/c1-4-10-15-16(13,14-3)11(2)12-8-6-5-7-9-12/h4-9H,1-2,10H2,3H3. The van der Waals surface area contributed by atoms with Crippen molar-refractivity contribution in [2.75, 3.05) is 13.7 Å². The first-order valence-corrected chi connectivity index (χ1v) is 6.34. The largest absolute Gasteiger partial charge is 0.361 e. The molecule has 0 saturated heterocycles. The van der Waals surface area contributed by atoms with Gasteiger partial charge in [-0.25, -0.2) is 0 Å². The molecular formula is C12H15O3P. The Hall–Kier alpha value is -1.15. The Kier molecular flexibility index (Phi) is 4.69. The van der Waals surface area contributed by atoms with Crippen molar-refractivity contribution in [3.05, 3.63) is 55.1 Å². The van der Waals surface area contributed by atoms with Crippen LogP contribution in [0.25, 0.3) is 5.31 Å². The van der Waals surface area contributed by atoms with Gasteiger partial charge >= 0.3 is 7.60 Å². The van der Waals surface area contributed by atoms with Crippen LogP contribution in [0.1, 0.15) is 5.56 Å². The van der Waals surface area contributed by atoms with Gasteiger partial charge < -0.3 is 9.05 Å². The van der Waals surface area contributed by atoms with Crippen LogP contribution in [0.15, 0.2) is 49.6 Å². The minimum absolute atomic E-state index is 0.164. The summed E-state index contributed by atoms with van der Waals surface area (Å²) in [4.78, 5) is 0. The fraction of sp³-hybridized carbons (Fsp3) is 0.167. The Bertz CT molecular complexity index is 412. The van der Waals surface area contributed by atoms with E-state index in [1.165, 1.54) is 13.2 Å². The summed E-state index contributed by atoms with van der Waals surface area (Å²) >= 11 is 0. The van der Waals surface area contributed by atoms with Crippen LogP contribution in [-0.4, -0.2) is 13.7 Å². The topological polar surface area (TPSA) is 35.5 Å². The highest BCUT2D eigenvalue weighted by molar-refractivity contribution is 7.65. The van der Waals surface area contributed by atoms with E-state index in [1.54, 1.807) is 0 Å². The molecule has 0 fully saturated rings. The molecule has 4 heteroatoms. The molecule has 0 saturated carbocycles. The zero-order chi connectivity index (χ0) is 12.0. The molecule has 86 valence electrons. The molecule has 0 aliphatic carbocycles. The lowest BCUT2D eigenvalue weighted by molar-refractivity contribution is 0.266. The van der Waals surface area contributed by atoms with Crippen molar-refractivity contribution in [2.24, 2.45) is 0 Å². The summed E-state index contributed by atoms with van der Waals surface area (Å²) in [6.45, 7) is 7.44. The molecule has 0 amide bonds. The van der Waals surface area contributed by atoms with Crippen molar-refractivity contribution in [3.63, 3.8) is 0 Å². The molecule has 3 nitrogen and oxygen atoms in total. The van der Waals surface area contributed by atoms with Gasteiger partial charge in [-0.2, -0.15) is 0 Å². The van der Waals surface area contributed by atoms with Crippen molar-refractivity contribution in [1.82, 2.24) is 0 Å². The van der Waals surface area contributed by atoms with Crippen LogP contribution >= 0.6 is 7.60 Å². The smallest absolute Gasteiger partial charge is 0.309 e. The van der Waals surface area contributed by atoms with Gasteiger partial charge in [-0.15, -0.1) is 6.58 Å². The molecule has 0 aromatic heterocycles. The lowest BCUT2D eigenvalue weighted by Crippen LogP contribution is -1.95. The quantitative estimate of drug-likeness (QED) is 0.560. The SMILES string of the molecule is C=CCOP(=O)(OC)C(=C)c1ccccc1. The van der Waals surface area contributed by atoms with Crippen molar-refractivity contribution >= 4 is 12.9 Å². The van der Waals surface area contributed by atoms with E-state index in [-0.39, 0.29) is 6.61 Å². The Morgan fingerprint density at radius 3 is 2.56 bits per heavy atom. The molecule has 1 atom stereocenters. The van der Waals surface area contributed by atoms with Crippen LogP contribution in [-0.2, 0) is 13.6 Å². The maximum atomic E-state index is 12.2. The van der Waals surface area contributed by atoms with Gasteiger partial charge in [0.1, 0.15) is 0 Å². The van der Waals surface area contributed by atoms with E-state index < -0.39 is 7.60 Å². The lowest BCUT2D eigenvalue weighted by Gasteiger charge is -2.17. The van der Waals surface area contributed by atoms with Gasteiger partial charge in [-0.05, 0) is 5.56 Å². The highest BCUT2D eigenvalue weighted by Crippen LogP contribution is 2.58. The molecule has 0 aliphatic heterocycles. The average molecular weight is 238 g/mol. The van der Waals surface area contributed by atoms with Crippen LogP contribution in [0, 0.1) is 0 Å². The fourth-order valence-corrected chi connectivity index (χ4v) is 2.43. The van der Waals surface area contributed by atoms with E-state index in [9.17, 15) is 4.57 Å². The van der Waals surface area contributed by atoms with Crippen LogP contribution in [0.5, 0.6) is 0 Å². The molecule has 1 aromatic rings. The van der Waals surface area contributed by atoms with E-state index in [0.717, 1.165) is 5.56 Å². The number of hydrogen-bond donors (Lipinski definition) is 0. The second kappa shape index (κ2) is 5.80. The third-order valence-corrected chi connectivity index (χ3v) is 3.93. The Labute approximate surface area is 95.9 Å². The Morgan fingerprint density at radius 2 is 2.06 bits per heavy atom. The van der Waals surface area contributed by atoms with Crippen molar-refractivity contribution in [1.29, 1.82) is 0 Å². The van der Waals surface area contributed by atoms with Crippen molar-refractivity contribution in [2.45, 2.75) is 0 Å². The highest BCUT2D eigenvalue weighted by atomic mass is 31.2. The molecule has 1 unspecified atom stereocenters. The molecular weight excluding hydrogens is 223 g/mol. The molecule has 0 bridgehead atoms. The first-order valence-electron chi connectivity index (χ1n) is 4.80. The number of rotatable bonds is 6. The van der Waals surface area contributed by atoms with Crippen LogP contribution < -0.4 is 0 Å². The van der Waals surface area contributed by atoms with Crippen LogP contribution in [0.3, 0.4) is 0 Å². The van der Waals surface area contributed by atoms with E-state index in [1.807, 2.05) is 30.3 Å². The summed E-state index contributed by atoms with van der Waals surface area (Å²) in [5.41, 5.74) is 0.747. The molecule has 1 rings (SSSR count). The second-order valence-electron chi connectivity index (χ2n) is 3.08. The molecule has 0 aliphatic rings. The summed E-state index contributed by atoms with van der Waals surface area (Å²) in [7, 11) is -1.95. The molecule has 0 spiro atoms. The second-order valence-corrected chi connectivity index (χ2v) is 5.24. The summed E-state index contributed by atoms with van der Waals surface area (Å²) in [6.07, 6.45) is 1.52. The molecule has 0 N–H and O–H groups in total. The summed E-state index contributed by atoms with van der Waals surface area (Å²) in [5.74, 6) is 0. The first-order chi connectivity index (χ1) is 7.64. The highest BCUT2D eigenvalue weighted by Gasteiger charge is 2.27. The van der Waals surface area contributed by atoms with Gasteiger partial charge in [0.05, 0.1) is 11.9 Å². The summed E-state index contributed by atoms with van der Waals surface area (Å²) in [5, 5.41) is 0.359. The van der Waals surface area contributed by atoms with Crippen LogP contribution in [0.4, 0.5) is 0 Å². The monoisotopic (exact) mass is 238 g/mol. The Morgan fingerprint density at radius 1 is 1.44 bits per heavy atom. The van der Waals surface area contributed by atoms with E-state index >= 15 is 0 Å². The zero-order valence-corrected chi connectivity index (χ0v) is 10.2. The van der Waals surface area contributed by atoms with Gasteiger partial charge in [-0.3, -0.25) is 4.57 Å². The van der Waals surface area contributed by atoms with Gasteiger partial charge in [0.25, 0.3) is 0 Å². The Balaban J connectivity index is 2.93. The zero-order valence-electron chi connectivity index (χ0n) is 9.26. The van der Waals surface area contributed by atoms with Crippen molar-refractivity contribution < 1.29 is 13.6 Å². The molecule has 0 radical (unpaired) electrons.